The molecule has 0 amide bonds. The molecule has 48 heavy (non-hydrogen) atoms. The highest BCUT2D eigenvalue weighted by molar-refractivity contribution is 7.26. The maximum Gasteiger partial charge on any atom is 0.261 e. The van der Waals surface area contributed by atoms with Crippen LogP contribution in [0.1, 0.15) is 30.4 Å². The Morgan fingerprint density at radius 1 is 0.792 bits per heavy atom. The van der Waals surface area contributed by atoms with Crippen molar-refractivity contribution in [3.05, 3.63) is 162 Å². The lowest BCUT2D eigenvalue weighted by molar-refractivity contribution is -0.858. The van der Waals surface area contributed by atoms with Crippen LogP contribution in [0.4, 0.5) is 5.69 Å². The minimum Gasteiger partial charge on any atom is -0.250 e. The second-order valence-corrected chi connectivity index (χ2v) is 14.3. The molecule has 0 saturated heterocycles. The van der Waals surface area contributed by atoms with Crippen molar-refractivity contribution in [1.29, 1.82) is 5.41 Å². The van der Waals surface area contributed by atoms with Gasteiger partial charge in [0.25, 0.3) is 6.17 Å². The van der Waals surface area contributed by atoms with Crippen LogP contribution in [-0.2, 0) is 0 Å². The summed E-state index contributed by atoms with van der Waals surface area (Å²) >= 11 is 1.88. The summed E-state index contributed by atoms with van der Waals surface area (Å²) in [6, 6.07) is 37.2. The zero-order chi connectivity index (χ0) is 32.2. The predicted octanol–water partition coefficient (Wildman–Crippen LogP) is 8.19. The fraction of sp³-hybridized carbons (Fsp3) is 0.140. The van der Waals surface area contributed by atoms with Crippen molar-refractivity contribution in [3.8, 4) is 11.1 Å². The Kier molecular flexibility index (Phi) is 7.20. The lowest BCUT2D eigenvalue weighted by atomic mass is 9.87. The number of nitrogen functional groups attached to an aromatic ring is 1. The maximum absolute atomic E-state index is 9.38. The van der Waals surface area contributed by atoms with E-state index in [9.17, 15) is 5.41 Å². The van der Waals surface area contributed by atoms with E-state index in [1.807, 2.05) is 17.4 Å². The summed E-state index contributed by atoms with van der Waals surface area (Å²) < 4.78 is 2.68. The van der Waals surface area contributed by atoms with E-state index in [4.69, 9.17) is 0 Å². The SMILES string of the molecule is CC1CC=CC=C1C([NH2+]C(=N)c1cccc(-c2ccccc2)c1)[NH2+]N1c2ccc3c(ccc4sc5ccccc5c43)c2C2C=CC=CC21. The Morgan fingerprint density at radius 3 is 2.50 bits per heavy atom. The van der Waals surface area contributed by atoms with Gasteiger partial charge in [0.15, 0.2) is 0 Å². The lowest BCUT2D eigenvalue weighted by Gasteiger charge is -2.30. The lowest BCUT2D eigenvalue weighted by Crippen LogP contribution is -3.18. The number of amidine groups is 1. The minimum absolute atomic E-state index is 0.0252. The molecule has 4 atom stereocenters. The number of nitrogens with one attached hydrogen (secondary N) is 1. The molecule has 1 aliphatic heterocycles. The summed E-state index contributed by atoms with van der Waals surface area (Å²) in [5, 5.41) is 19.4. The van der Waals surface area contributed by atoms with Crippen molar-refractivity contribution in [1.82, 2.24) is 0 Å². The summed E-state index contributed by atoms with van der Waals surface area (Å²) in [4.78, 5) is 0. The highest BCUT2D eigenvalue weighted by Gasteiger charge is 2.43. The van der Waals surface area contributed by atoms with Crippen molar-refractivity contribution in [2.24, 2.45) is 5.92 Å². The van der Waals surface area contributed by atoms with Crippen molar-refractivity contribution in [3.63, 3.8) is 0 Å². The number of fused-ring (bicyclic) bond motifs is 9. The van der Waals surface area contributed by atoms with Crippen LogP contribution in [0.5, 0.6) is 0 Å². The number of nitrogens with zero attached hydrogens (tertiary/aromatic N) is 1. The predicted molar refractivity (Wildman–Crippen MR) is 201 cm³/mol. The monoisotopic (exact) mass is 642 g/mol. The van der Waals surface area contributed by atoms with Gasteiger partial charge in [-0.1, -0.05) is 122 Å². The van der Waals surface area contributed by atoms with Gasteiger partial charge < -0.3 is 0 Å². The van der Waals surface area contributed by atoms with Gasteiger partial charge in [-0.15, -0.1) is 11.3 Å². The highest BCUT2D eigenvalue weighted by atomic mass is 32.1. The quantitative estimate of drug-likeness (QED) is 0.0730. The number of rotatable bonds is 6. The molecule has 3 aliphatic rings. The summed E-state index contributed by atoms with van der Waals surface area (Å²) in [7, 11) is 0. The molecular weight excluding hydrogens is 605 g/mol. The molecule has 5 aromatic carbocycles. The van der Waals surface area contributed by atoms with Crippen LogP contribution in [0.15, 0.2) is 151 Å². The van der Waals surface area contributed by atoms with Crippen molar-refractivity contribution >= 4 is 53.8 Å². The fourth-order valence-corrected chi connectivity index (χ4v) is 9.18. The number of allylic oxidation sites excluding steroid dienone is 5. The minimum atomic E-state index is -0.0252. The standard InChI is InChI=1S/C43H36N4S/c1-27-12-5-6-17-31(27)43(45-42(44)30-16-11-15-29(26-30)28-13-3-2-4-14-28)46-47-36-20-9-7-18-34(36)40-32-23-25-39-41(33(32)22-24-37(40)47)35-19-8-10-21-38(35)48-39/h2-11,13-27,34,36,43,46H,12H2,1H3,(H2,44,45)/p+2. The zero-order valence-corrected chi connectivity index (χ0v) is 27.7. The molecule has 234 valence electrons. The van der Waals surface area contributed by atoms with Crippen LogP contribution in [0.3, 0.4) is 0 Å². The van der Waals surface area contributed by atoms with Gasteiger partial charge >= 0.3 is 0 Å². The molecule has 0 radical (unpaired) electrons. The molecule has 0 fully saturated rings. The van der Waals surface area contributed by atoms with Gasteiger partial charge in [-0.25, -0.2) is 10.3 Å². The van der Waals surface area contributed by atoms with Crippen LogP contribution in [0, 0.1) is 11.3 Å². The molecule has 6 aromatic rings. The smallest absolute Gasteiger partial charge is 0.250 e. The summed E-state index contributed by atoms with van der Waals surface area (Å²) in [5.41, 5.74) is 9.68. The average Bonchev–Trinajstić information content (AvgIpc) is 3.68. The number of nitrogens with two attached hydrogens (primary N) is 2. The largest absolute Gasteiger partial charge is 0.261 e. The Balaban J connectivity index is 1.12. The van der Waals surface area contributed by atoms with E-state index < -0.39 is 0 Å². The molecule has 4 unspecified atom stereocenters. The molecule has 1 aromatic heterocycles. The van der Waals surface area contributed by atoms with E-state index in [-0.39, 0.29) is 18.1 Å². The number of benzene rings is 5. The molecule has 5 N–H and O–H groups in total. The third-order valence-electron chi connectivity index (χ3n) is 10.4. The van der Waals surface area contributed by atoms with Crippen LogP contribution in [0.25, 0.3) is 42.1 Å². The van der Waals surface area contributed by atoms with Gasteiger partial charge in [-0.2, -0.15) is 5.43 Å². The third kappa shape index (κ3) is 4.86. The van der Waals surface area contributed by atoms with Gasteiger partial charge in [0.05, 0.1) is 16.8 Å². The van der Waals surface area contributed by atoms with Crippen molar-refractivity contribution in [2.75, 3.05) is 5.01 Å². The molecule has 4 nitrogen and oxygen atoms in total. The van der Waals surface area contributed by atoms with Crippen molar-refractivity contribution in [2.45, 2.75) is 31.5 Å². The fourth-order valence-electron chi connectivity index (χ4n) is 8.06. The number of anilines is 1. The summed E-state index contributed by atoms with van der Waals surface area (Å²) in [5.74, 6) is 1.21. The van der Waals surface area contributed by atoms with E-state index in [0.717, 1.165) is 17.5 Å². The second-order valence-electron chi connectivity index (χ2n) is 13.3. The first kappa shape index (κ1) is 29.1. The van der Waals surface area contributed by atoms with Crippen LogP contribution < -0.4 is 15.8 Å². The first-order valence-corrected chi connectivity index (χ1v) is 17.8. The third-order valence-corrected chi connectivity index (χ3v) is 11.5. The van der Waals surface area contributed by atoms with Crippen LogP contribution in [0.2, 0.25) is 0 Å². The normalized spacial score (nSPS) is 20.3. The van der Waals surface area contributed by atoms with Crippen molar-refractivity contribution < 1.29 is 10.7 Å². The summed E-state index contributed by atoms with van der Waals surface area (Å²) in [6.45, 7) is 2.32. The molecule has 0 spiro atoms. The maximum atomic E-state index is 9.38. The highest BCUT2D eigenvalue weighted by Crippen LogP contribution is 2.48. The Labute approximate surface area is 284 Å². The Bertz CT molecular complexity index is 2340. The number of thiophene rings is 1. The van der Waals surface area contributed by atoms with E-state index in [0.29, 0.717) is 11.8 Å². The Morgan fingerprint density at radius 2 is 1.60 bits per heavy atom. The topological polar surface area (TPSA) is 60.3 Å². The molecule has 5 heteroatoms. The second kappa shape index (κ2) is 11.9. The molecule has 0 saturated carbocycles. The number of hydrogen-bond acceptors (Lipinski definition) is 3. The van der Waals surface area contributed by atoms with Crippen LogP contribution in [-0.4, -0.2) is 18.0 Å². The summed E-state index contributed by atoms with van der Waals surface area (Å²) in [6.07, 6.45) is 16.9. The van der Waals surface area contributed by atoms with E-state index in [2.05, 4.69) is 162 Å². The first-order chi connectivity index (χ1) is 23.6. The zero-order valence-electron chi connectivity index (χ0n) is 26.9. The Hall–Kier alpha value is -5.07. The van der Waals surface area contributed by atoms with Gasteiger partial charge in [0.2, 0.25) is 5.84 Å². The van der Waals surface area contributed by atoms with E-state index in [1.165, 1.54) is 53.3 Å². The average molecular weight is 643 g/mol. The first-order valence-electron chi connectivity index (χ1n) is 16.9. The molecule has 2 heterocycles. The van der Waals surface area contributed by atoms with Gasteiger partial charge in [-0.05, 0) is 70.1 Å². The number of quaternary nitrogens is 2. The molecular formula is C43H38N4S+2. The molecule has 2 aliphatic carbocycles. The van der Waals surface area contributed by atoms with Gasteiger partial charge in [0.1, 0.15) is 6.04 Å². The molecule has 9 rings (SSSR count). The van der Waals surface area contributed by atoms with Crippen LogP contribution >= 0.6 is 11.3 Å². The number of hydrogen-bond donors (Lipinski definition) is 3. The molecule has 0 bridgehead atoms. The van der Waals surface area contributed by atoms with E-state index >= 15 is 0 Å². The van der Waals surface area contributed by atoms with E-state index in [1.54, 1.807) is 0 Å². The van der Waals surface area contributed by atoms with Gasteiger partial charge in [-0.3, -0.25) is 5.41 Å². The van der Waals surface area contributed by atoms with Gasteiger partial charge in [0, 0.05) is 26.1 Å².